The number of hydrogen-bond acceptors (Lipinski definition) is 6. The van der Waals surface area contributed by atoms with Crippen molar-refractivity contribution in [1.82, 2.24) is 0 Å². The summed E-state index contributed by atoms with van der Waals surface area (Å²) in [5.74, 6) is -0.979. The summed E-state index contributed by atoms with van der Waals surface area (Å²) in [7, 11) is -3.95. The number of ether oxygens (including phenoxy) is 1. The van der Waals surface area contributed by atoms with Crippen molar-refractivity contribution >= 4 is 13.6 Å². The molecule has 0 spiro atoms. The molecule has 0 saturated carbocycles. The molecular formula is C10H21O6P. The van der Waals surface area contributed by atoms with E-state index >= 15 is 0 Å². The molecule has 1 atom stereocenters. The zero-order valence-corrected chi connectivity index (χ0v) is 11.7. The maximum atomic E-state index is 12.4. The number of carbonyl (C=O) groups is 1. The standard InChI is InChI=1S/C10H21O6P/c1-5-10(12,9(11)14-6-2)17(13,15-7-3)16-8-4/h12H,5-8H2,1-4H3. The van der Waals surface area contributed by atoms with Crippen LogP contribution in [-0.4, -0.2) is 36.2 Å². The molecule has 0 aromatic rings. The van der Waals surface area contributed by atoms with Crippen molar-refractivity contribution in [2.24, 2.45) is 0 Å². The highest BCUT2D eigenvalue weighted by Crippen LogP contribution is 2.60. The molecule has 0 aromatic carbocycles. The van der Waals surface area contributed by atoms with Crippen LogP contribution < -0.4 is 0 Å². The van der Waals surface area contributed by atoms with Crippen LogP contribution in [0.3, 0.4) is 0 Å². The predicted molar refractivity (Wildman–Crippen MR) is 62.7 cm³/mol. The van der Waals surface area contributed by atoms with E-state index in [9.17, 15) is 14.5 Å². The zero-order chi connectivity index (χ0) is 13.5. The van der Waals surface area contributed by atoms with E-state index < -0.39 is 18.9 Å². The molecule has 7 heteroatoms. The summed E-state index contributed by atoms with van der Waals surface area (Å²) in [6.45, 7) is 6.54. The Bertz CT molecular complexity index is 283. The Morgan fingerprint density at radius 2 is 1.59 bits per heavy atom. The molecule has 0 radical (unpaired) electrons. The third-order valence-electron chi connectivity index (χ3n) is 2.15. The van der Waals surface area contributed by atoms with Crippen LogP contribution >= 0.6 is 7.60 Å². The third-order valence-corrected chi connectivity index (χ3v) is 4.75. The number of rotatable bonds is 8. The molecule has 1 N–H and O–H groups in total. The Balaban J connectivity index is 5.26. The predicted octanol–water partition coefficient (Wildman–Crippen LogP) is 1.91. The molecule has 0 amide bonds. The molecule has 17 heavy (non-hydrogen) atoms. The lowest BCUT2D eigenvalue weighted by atomic mass is 10.3. The molecule has 102 valence electrons. The lowest BCUT2D eigenvalue weighted by Crippen LogP contribution is -2.40. The van der Waals surface area contributed by atoms with Crippen molar-refractivity contribution in [3.8, 4) is 0 Å². The lowest BCUT2D eigenvalue weighted by Gasteiger charge is -2.31. The van der Waals surface area contributed by atoms with Crippen LogP contribution in [0.15, 0.2) is 0 Å². The third kappa shape index (κ3) is 3.52. The smallest absolute Gasteiger partial charge is 0.373 e. The van der Waals surface area contributed by atoms with E-state index in [-0.39, 0.29) is 26.2 Å². The van der Waals surface area contributed by atoms with Gasteiger partial charge in [-0.2, -0.15) is 0 Å². The molecule has 0 aliphatic carbocycles. The highest BCUT2D eigenvalue weighted by atomic mass is 31.2. The van der Waals surface area contributed by atoms with E-state index in [0.717, 1.165) is 0 Å². The second kappa shape index (κ2) is 7.11. The molecule has 0 rings (SSSR count). The topological polar surface area (TPSA) is 82.1 Å². The normalized spacial score (nSPS) is 15.4. The number of hydrogen-bond donors (Lipinski definition) is 1. The van der Waals surface area contributed by atoms with Crippen molar-refractivity contribution in [2.45, 2.75) is 39.5 Å². The second-order valence-electron chi connectivity index (χ2n) is 3.22. The fourth-order valence-electron chi connectivity index (χ4n) is 1.29. The SMILES string of the molecule is CCOC(=O)C(O)(CC)P(=O)(OCC)OCC. The van der Waals surface area contributed by atoms with Gasteiger partial charge in [0.15, 0.2) is 0 Å². The molecule has 0 heterocycles. The monoisotopic (exact) mass is 268 g/mol. The van der Waals surface area contributed by atoms with Gasteiger partial charge in [0.2, 0.25) is 0 Å². The van der Waals surface area contributed by atoms with E-state index in [0.29, 0.717) is 0 Å². The quantitative estimate of drug-likeness (QED) is 0.535. The second-order valence-corrected chi connectivity index (χ2v) is 5.47. The van der Waals surface area contributed by atoms with Crippen LogP contribution in [0.4, 0.5) is 0 Å². The van der Waals surface area contributed by atoms with Gasteiger partial charge in [0.1, 0.15) is 0 Å². The first kappa shape index (κ1) is 16.6. The molecule has 0 fully saturated rings. The van der Waals surface area contributed by atoms with Gasteiger partial charge in [0.05, 0.1) is 19.8 Å². The maximum Gasteiger partial charge on any atom is 0.373 e. The Kier molecular flexibility index (Phi) is 6.94. The fraction of sp³-hybridized carbons (Fsp3) is 0.900. The minimum absolute atomic E-state index is 0.0684. The molecule has 0 aliphatic heterocycles. The van der Waals surface area contributed by atoms with Crippen LogP contribution in [0.2, 0.25) is 0 Å². The summed E-state index contributed by atoms with van der Waals surface area (Å²) in [6, 6.07) is 0. The first-order chi connectivity index (χ1) is 7.91. The maximum absolute atomic E-state index is 12.4. The summed E-state index contributed by atoms with van der Waals surface area (Å²) in [5.41, 5.74) is 0. The largest absolute Gasteiger partial charge is 0.463 e. The van der Waals surface area contributed by atoms with Gasteiger partial charge in [-0.1, -0.05) is 6.92 Å². The first-order valence-corrected chi connectivity index (χ1v) is 7.24. The van der Waals surface area contributed by atoms with Gasteiger partial charge in [-0.05, 0) is 27.2 Å². The zero-order valence-electron chi connectivity index (χ0n) is 10.8. The molecular weight excluding hydrogens is 247 g/mol. The van der Waals surface area contributed by atoms with Crippen molar-refractivity contribution in [3.05, 3.63) is 0 Å². The number of esters is 1. The fourth-order valence-corrected chi connectivity index (χ4v) is 3.14. The van der Waals surface area contributed by atoms with Gasteiger partial charge in [-0.15, -0.1) is 0 Å². The first-order valence-electron chi connectivity index (χ1n) is 5.70. The van der Waals surface area contributed by atoms with Gasteiger partial charge in [0, 0.05) is 0 Å². The van der Waals surface area contributed by atoms with Gasteiger partial charge in [0.25, 0.3) is 5.34 Å². The van der Waals surface area contributed by atoms with E-state index in [2.05, 4.69) is 0 Å². The average molecular weight is 268 g/mol. The number of carbonyl (C=O) groups excluding carboxylic acids is 1. The molecule has 0 aliphatic rings. The highest BCUT2D eigenvalue weighted by molar-refractivity contribution is 7.56. The summed E-state index contributed by atoms with van der Waals surface area (Å²) in [4.78, 5) is 11.7. The van der Waals surface area contributed by atoms with Crippen LogP contribution in [0, 0.1) is 0 Å². The van der Waals surface area contributed by atoms with Crippen LogP contribution in [0.1, 0.15) is 34.1 Å². The van der Waals surface area contributed by atoms with E-state index in [1.807, 2.05) is 0 Å². The van der Waals surface area contributed by atoms with E-state index in [1.165, 1.54) is 6.92 Å². The van der Waals surface area contributed by atoms with E-state index in [1.54, 1.807) is 20.8 Å². The minimum Gasteiger partial charge on any atom is -0.463 e. The Hall–Kier alpha value is -0.420. The summed E-state index contributed by atoms with van der Waals surface area (Å²) >= 11 is 0. The van der Waals surface area contributed by atoms with Gasteiger partial charge in [-0.3, -0.25) is 4.57 Å². The van der Waals surface area contributed by atoms with Crippen molar-refractivity contribution in [2.75, 3.05) is 19.8 Å². The minimum atomic E-state index is -3.95. The summed E-state index contributed by atoms with van der Waals surface area (Å²) < 4.78 is 27.1. The van der Waals surface area contributed by atoms with Gasteiger partial charge >= 0.3 is 13.6 Å². The molecule has 1 unspecified atom stereocenters. The van der Waals surface area contributed by atoms with Gasteiger partial charge in [-0.25, -0.2) is 4.79 Å². The van der Waals surface area contributed by atoms with Gasteiger partial charge < -0.3 is 18.9 Å². The van der Waals surface area contributed by atoms with Crippen molar-refractivity contribution < 1.29 is 28.3 Å². The summed E-state index contributed by atoms with van der Waals surface area (Å²) in [6.07, 6.45) is -0.108. The van der Waals surface area contributed by atoms with Crippen molar-refractivity contribution in [1.29, 1.82) is 0 Å². The molecule has 0 aromatic heterocycles. The van der Waals surface area contributed by atoms with E-state index in [4.69, 9.17) is 13.8 Å². The Morgan fingerprint density at radius 3 is 1.88 bits per heavy atom. The average Bonchev–Trinajstić information content (AvgIpc) is 2.28. The summed E-state index contributed by atoms with van der Waals surface area (Å²) in [5, 5.41) is 7.97. The van der Waals surface area contributed by atoms with Crippen LogP contribution in [0.5, 0.6) is 0 Å². The molecule has 6 nitrogen and oxygen atoms in total. The number of aliphatic hydroxyl groups is 1. The highest BCUT2D eigenvalue weighted by Gasteiger charge is 2.55. The lowest BCUT2D eigenvalue weighted by molar-refractivity contribution is -0.158. The van der Waals surface area contributed by atoms with Crippen LogP contribution in [-0.2, 0) is 23.1 Å². The van der Waals surface area contributed by atoms with Crippen LogP contribution in [0.25, 0.3) is 0 Å². The Morgan fingerprint density at radius 1 is 1.12 bits per heavy atom. The van der Waals surface area contributed by atoms with Crippen molar-refractivity contribution in [3.63, 3.8) is 0 Å². The molecule has 0 bridgehead atoms. The molecule has 0 saturated heterocycles. The Labute approximate surface area is 102 Å².